The highest BCUT2D eigenvalue weighted by Gasteiger charge is 2.45. The molecule has 0 bridgehead atoms. The van der Waals surface area contributed by atoms with Crippen molar-refractivity contribution in [2.75, 3.05) is 39.4 Å². The predicted octanol–water partition coefficient (Wildman–Crippen LogP) is 1.65. The molecule has 1 unspecified atom stereocenters. The molecule has 0 aromatic carbocycles. The first-order chi connectivity index (χ1) is 9.50. The van der Waals surface area contributed by atoms with Crippen molar-refractivity contribution in [3.8, 4) is 0 Å². The van der Waals surface area contributed by atoms with E-state index in [1.165, 1.54) is 0 Å². The Bertz CT molecular complexity index is 348. The number of hydrogen-bond acceptors (Lipinski definition) is 3. The van der Waals surface area contributed by atoms with Crippen molar-refractivity contribution in [3.05, 3.63) is 0 Å². The normalized spacial score (nSPS) is 22.1. The third kappa shape index (κ3) is 3.62. The van der Waals surface area contributed by atoms with Gasteiger partial charge in [0, 0.05) is 32.8 Å². The van der Waals surface area contributed by atoms with Crippen LogP contribution in [0.2, 0.25) is 0 Å². The molecule has 0 aromatic heterocycles. The molecule has 116 valence electrons. The lowest BCUT2D eigenvalue weighted by atomic mass is 9.84. The van der Waals surface area contributed by atoms with Crippen LogP contribution in [0.5, 0.6) is 0 Å². The van der Waals surface area contributed by atoms with Crippen LogP contribution in [0, 0.1) is 5.41 Å². The summed E-state index contributed by atoms with van der Waals surface area (Å²) in [4.78, 5) is 27.2. The van der Waals surface area contributed by atoms with Crippen LogP contribution in [-0.4, -0.2) is 66.3 Å². The van der Waals surface area contributed by atoms with Gasteiger partial charge in [-0.3, -0.25) is 4.79 Å². The Labute approximate surface area is 120 Å². The van der Waals surface area contributed by atoms with Gasteiger partial charge >= 0.3 is 12.0 Å². The van der Waals surface area contributed by atoms with Gasteiger partial charge in [0.25, 0.3) is 0 Å². The number of ether oxygens (including phenoxy) is 1. The molecular weight excluding hydrogens is 260 g/mol. The van der Waals surface area contributed by atoms with E-state index in [9.17, 15) is 14.7 Å². The number of nitrogens with zero attached hydrogens (tertiary/aromatic N) is 2. The number of carboxylic acids is 1. The van der Waals surface area contributed by atoms with E-state index in [-0.39, 0.29) is 6.03 Å². The Kier molecular flexibility index (Phi) is 6.26. The van der Waals surface area contributed by atoms with Crippen LogP contribution < -0.4 is 0 Å². The number of carbonyl (C=O) groups is 2. The van der Waals surface area contributed by atoms with Crippen molar-refractivity contribution >= 4 is 12.0 Å². The van der Waals surface area contributed by atoms with Gasteiger partial charge in [-0.25, -0.2) is 4.79 Å². The molecule has 1 fully saturated rings. The molecule has 1 aliphatic rings. The van der Waals surface area contributed by atoms with Crippen molar-refractivity contribution in [2.45, 2.75) is 33.6 Å². The first-order valence-electron chi connectivity index (χ1n) is 7.35. The second-order valence-corrected chi connectivity index (χ2v) is 5.17. The molecule has 1 aliphatic heterocycles. The van der Waals surface area contributed by atoms with E-state index in [2.05, 4.69) is 0 Å². The van der Waals surface area contributed by atoms with E-state index < -0.39 is 11.4 Å². The van der Waals surface area contributed by atoms with Gasteiger partial charge < -0.3 is 19.6 Å². The lowest BCUT2D eigenvalue weighted by Gasteiger charge is -2.28. The number of amides is 2. The van der Waals surface area contributed by atoms with E-state index in [4.69, 9.17) is 4.74 Å². The SMILES string of the molecule is CCOCCN(CC)C(=O)N1CCC(CC)(C(=O)O)C1. The summed E-state index contributed by atoms with van der Waals surface area (Å²) in [6, 6.07) is -0.0798. The molecule has 1 N–H and O–H groups in total. The monoisotopic (exact) mass is 286 g/mol. The van der Waals surface area contributed by atoms with Crippen LogP contribution in [0.1, 0.15) is 33.6 Å². The quantitative estimate of drug-likeness (QED) is 0.722. The minimum atomic E-state index is -0.798. The van der Waals surface area contributed by atoms with Crippen molar-refractivity contribution in [1.82, 2.24) is 9.80 Å². The van der Waals surface area contributed by atoms with Gasteiger partial charge in [-0.2, -0.15) is 0 Å². The molecule has 1 atom stereocenters. The third-order valence-electron chi connectivity index (χ3n) is 4.12. The highest BCUT2D eigenvalue weighted by atomic mass is 16.5. The van der Waals surface area contributed by atoms with Gasteiger partial charge in [0.05, 0.1) is 12.0 Å². The molecule has 20 heavy (non-hydrogen) atoms. The zero-order chi connectivity index (χ0) is 15.2. The third-order valence-corrected chi connectivity index (χ3v) is 4.12. The second-order valence-electron chi connectivity index (χ2n) is 5.17. The van der Waals surface area contributed by atoms with Crippen molar-refractivity contribution in [1.29, 1.82) is 0 Å². The molecule has 2 amide bonds. The maximum Gasteiger partial charge on any atom is 0.320 e. The fraction of sp³-hybridized carbons (Fsp3) is 0.857. The molecular formula is C14H26N2O4. The van der Waals surface area contributed by atoms with Crippen LogP contribution in [0.3, 0.4) is 0 Å². The lowest BCUT2D eigenvalue weighted by molar-refractivity contribution is -0.148. The number of hydrogen-bond donors (Lipinski definition) is 1. The van der Waals surface area contributed by atoms with E-state index in [0.717, 1.165) is 0 Å². The van der Waals surface area contributed by atoms with Crippen molar-refractivity contribution in [3.63, 3.8) is 0 Å². The molecule has 0 aliphatic carbocycles. The number of urea groups is 1. The van der Waals surface area contributed by atoms with Gasteiger partial charge in [0.15, 0.2) is 0 Å². The topological polar surface area (TPSA) is 70.1 Å². The molecule has 1 heterocycles. The summed E-state index contributed by atoms with van der Waals surface area (Å²) in [5.74, 6) is -0.798. The number of aliphatic carboxylic acids is 1. The fourth-order valence-electron chi connectivity index (χ4n) is 2.56. The van der Waals surface area contributed by atoms with Gasteiger partial charge in [0.2, 0.25) is 0 Å². The molecule has 0 aromatic rings. The Balaban J connectivity index is 2.61. The molecule has 1 rings (SSSR count). The molecule has 6 heteroatoms. The molecule has 6 nitrogen and oxygen atoms in total. The summed E-state index contributed by atoms with van der Waals surface area (Å²) >= 11 is 0. The Morgan fingerprint density at radius 3 is 2.50 bits per heavy atom. The number of likely N-dealkylation sites (tertiary alicyclic amines) is 1. The van der Waals surface area contributed by atoms with E-state index >= 15 is 0 Å². The number of carboxylic acid groups (broad SMARTS) is 1. The Morgan fingerprint density at radius 1 is 1.35 bits per heavy atom. The summed E-state index contributed by atoms with van der Waals surface area (Å²) in [5.41, 5.74) is -0.769. The molecule has 0 radical (unpaired) electrons. The first kappa shape index (κ1) is 16.8. The van der Waals surface area contributed by atoms with Gasteiger partial charge in [-0.15, -0.1) is 0 Å². The minimum absolute atomic E-state index is 0.0798. The highest BCUT2D eigenvalue weighted by molar-refractivity contribution is 5.79. The Hall–Kier alpha value is -1.30. The predicted molar refractivity (Wildman–Crippen MR) is 75.7 cm³/mol. The molecule has 1 saturated heterocycles. The van der Waals surface area contributed by atoms with Crippen LogP contribution in [0.15, 0.2) is 0 Å². The van der Waals surface area contributed by atoms with E-state index in [1.54, 1.807) is 9.80 Å². The van der Waals surface area contributed by atoms with Gasteiger partial charge in [-0.05, 0) is 26.7 Å². The van der Waals surface area contributed by atoms with Crippen LogP contribution in [0.4, 0.5) is 4.79 Å². The van der Waals surface area contributed by atoms with Crippen molar-refractivity contribution < 1.29 is 19.4 Å². The van der Waals surface area contributed by atoms with E-state index in [1.807, 2.05) is 20.8 Å². The van der Waals surface area contributed by atoms with Crippen LogP contribution in [0.25, 0.3) is 0 Å². The molecule has 0 saturated carbocycles. The average molecular weight is 286 g/mol. The number of likely N-dealkylation sites (N-methyl/N-ethyl adjacent to an activating group) is 1. The van der Waals surface area contributed by atoms with Crippen molar-refractivity contribution in [2.24, 2.45) is 5.41 Å². The summed E-state index contributed by atoms with van der Waals surface area (Å²) < 4.78 is 5.27. The molecule has 0 spiro atoms. The van der Waals surface area contributed by atoms with Gasteiger partial charge in [-0.1, -0.05) is 6.92 Å². The second kappa shape index (κ2) is 7.47. The largest absolute Gasteiger partial charge is 0.481 e. The lowest BCUT2D eigenvalue weighted by Crippen LogP contribution is -2.45. The maximum absolute atomic E-state index is 12.4. The standard InChI is InChI=1S/C14H26N2O4/c1-4-14(12(17)18)7-8-16(11-14)13(19)15(5-2)9-10-20-6-3/h4-11H2,1-3H3,(H,17,18). The zero-order valence-corrected chi connectivity index (χ0v) is 12.7. The Morgan fingerprint density at radius 2 is 2.05 bits per heavy atom. The number of carbonyl (C=O) groups excluding carboxylic acids is 1. The van der Waals surface area contributed by atoms with Crippen LogP contribution >= 0.6 is 0 Å². The average Bonchev–Trinajstić information content (AvgIpc) is 2.89. The first-order valence-corrected chi connectivity index (χ1v) is 7.35. The zero-order valence-electron chi connectivity index (χ0n) is 12.7. The summed E-state index contributed by atoms with van der Waals surface area (Å²) in [6.45, 7) is 8.84. The van der Waals surface area contributed by atoms with Crippen LogP contribution in [-0.2, 0) is 9.53 Å². The minimum Gasteiger partial charge on any atom is -0.481 e. The summed E-state index contributed by atoms with van der Waals surface area (Å²) in [6.07, 6.45) is 1.09. The highest BCUT2D eigenvalue weighted by Crippen LogP contribution is 2.34. The summed E-state index contributed by atoms with van der Waals surface area (Å²) in [5, 5.41) is 9.36. The maximum atomic E-state index is 12.4. The fourth-order valence-corrected chi connectivity index (χ4v) is 2.56. The smallest absolute Gasteiger partial charge is 0.320 e. The number of rotatable bonds is 7. The van der Waals surface area contributed by atoms with E-state index in [0.29, 0.717) is 52.2 Å². The van der Waals surface area contributed by atoms with Gasteiger partial charge in [0.1, 0.15) is 0 Å². The summed E-state index contributed by atoms with van der Waals surface area (Å²) in [7, 11) is 0.